The Hall–Kier alpha value is -3.11. The van der Waals surface area contributed by atoms with Crippen LogP contribution in [-0.4, -0.2) is 85.2 Å². The van der Waals surface area contributed by atoms with Gasteiger partial charge in [-0.15, -0.1) is 0 Å². The molecule has 3 amide bonds. The monoisotopic (exact) mass is 490 g/mol. The zero-order chi connectivity index (χ0) is 24.8. The van der Waals surface area contributed by atoms with E-state index < -0.39 is 11.7 Å². The average Bonchev–Trinajstić information content (AvgIpc) is 3.09. The zero-order valence-electron chi connectivity index (χ0n) is 19.3. The zero-order valence-corrected chi connectivity index (χ0v) is 19.3. The minimum atomic E-state index is -4.43. The molecule has 0 bridgehead atoms. The number of hydrogen-bond donors (Lipinski definition) is 1. The predicted octanol–water partition coefficient (Wildman–Crippen LogP) is 3.79. The van der Waals surface area contributed by atoms with E-state index in [1.807, 2.05) is 30.3 Å². The first-order chi connectivity index (χ1) is 16.8. The van der Waals surface area contributed by atoms with Crippen molar-refractivity contribution in [1.82, 2.24) is 14.7 Å². The molecule has 1 atom stereocenters. The van der Waals surface area contributed by atoms with Crippen molar-refractivity contribution < 1.29 is 27.5 Å². The average molecular weight is 491 g/mol. The lowest BCUT2D eigenvalue weighted by Gasteiger charge is -2.35. The third kappa shape index (κ3) is 6.73. The van der Waals surface area contributed by atoms with Gasteiger partial charge < -0.3 is 19.9 Å². The quantitative estimate of drug-likeness (QED) is 0.709. The number of morpholine rings is 1. The molecule has 2 aromatic carbocycles. The number of rotatable bonds is 4. The van der Waals surface area contributed by atoms with Gasteiger partial charge in [-0.3, -0.25) is 9.69 Å². The summed E-state index contributed by atoms with van der Waals surface area (Å²) in [5.74, 6) is -0.266. The highest BCUT2D eigenvalue weighted by Gasteiger charge is 2.31. The van der Waals surface area contributed by atoms with E-state index in [0.717, 1.165) is 30.8 Å². The smallest absolute Gasteiger partial charge is 0.373 e. The Kier molecular flexibility index (Phi) is 7.92. The molecule has 0 radical (unpaired) electrons. The number of carbonyl (C=O) groups is 2. The molecule has 2 aliphatic heterocycles. The van der Waals surface area contributed by atoms with Crippen molar-refractivity contribution in [2.24, 2.45) is 0 Å². The second kappa shape index (κ2) is 11.1. The Bertz CT molecular complexity index is 1000. The molecule has 0 aliphatic carbocycles. The fraction of sp³-hybridized carbons (Fsp3) is 0.440. The lowest BCUT2D eigenvalue weighted by molar-refractivity contribution is -0.137. The number of alkyl halides is 3. The summed E-state index contributed by atoms with van der Waals surface area (Å²) < 4.78 is 44.3. The molecule has 4 rings (SSSR count). The Morgan fingerprint density at radius 3 is 2.37 bits per heavy atom. The highest BCUT2D eigenvalue weighted by atomic mass is 19.4. The third-order valence-electron chi connectivity index (χ3n) is 6.25. The molecule has 0 saturated carbocycles. The molecule has 2 aromatic rings. The van der Waals surface area contributed by atoms with Crippen LogP contribution in [-0.2, 0) is 10.9 Å². The van der Waals surface area contributed by atoms with Gasteiger partial charge in [0.1, 0.15) is 0 Å². The Balaban J connectivity index is 1.27. The van der Waals surface area contributed by atoms with Gasteiger partial charge >= 0.3 is 12.2 Å². The number of hydrogen-bond acceptors (Lipinski definition) is 4. The topological polar surface area (TPSA) is 65.1 Å². The van der Waals surface area contributed by atoms with Gasteiger partial charge in [0.15, 0.2) is 0 Å². The van der Waals surface area contributed by atoms with E-state index in [-0.39, 0.29) is 23.6 Å². The van der Waals surface area contributed by atoms with Crippen LogP contribution in [0, 0.1) is 0 Å². The number of para-hydroxylation sites is 1. The van der Waals surface area contributed by atoms with Crippen molar-refractivity contribution in [3.8, 4) is 0 Å². The Morgan fingerprint density at radius 1 is 0.914 bits per heavy atom. The number of halogens is 3. The summed E-state index contributed by atoms with van der Waals surface area (Å²) in [6, 6.07) is 13.5. The molecular weight excluding hydrogens is 461 g/mol. The first-order valence-electron chi connectivity index (χ1n) is 11.7. The van der Waals surface area contributed by atoms with Crippen LogP contribution in [0.5, 0.6) is 0 Å². The maximum Gasteiger partial charge on any atom is 0.416 e. The largest absolute Gasteiger partial charge is 0.416 e. The van der Waals surface area contributed by atoms with Crippen LogP contribution < -0.4 is 5.32 Å². The number of ether oxygens (including phenoxy) is 1. The van der Waals surface area contributed by atoms with Crippen LogP contribution in [0.2, 0.25) is 0 Å². The van der Waals surface area contributed by atoms with E-state index in [9.17, 15) is 22.8 Å². The molecule has 0 spiro atoms. The van der Waals surface area contributed by atoms with Crippen molar-refractivity contribution in [2.45, 2.75) is 18.7 Å². The van der Waals surface area contributed by atoms with Gasteiger partial charge in [0.2, 0.25) is 0 Å². The first-order valence-corrected chi connectivity index (χ1v) is 11.7. The molecule has 2 aliphatic rings. The first kappa shape index (κ1) is 25.0. The SMILES string of the molecule is O=C(Nc1ccccc1)N1CCOC(CN2CCCN(C(=O)c3ccc(C(F)(F)F)cc3)CC2)C1. The predicted molar refractivity (Wildman–Crippen MR) is 125 cm³/mol. The fourth-order valence-electron chi connectivity index (χ4n) is 4.37. The lowest BCUT2D eigenvalue weighted by Crippen LogP contribution is -2.51. The molecule has 0 aromatic heterocycles. The van der Waals surface area contributed by atoms with E-state index in [4.69, 9.17) is 4.74 Å². The van der Waals surface area contributed by atoms with Gasteiger partial charge in [0.25, 0.3) is 5.91 Å². The highest BCUT2D eigenvalue weighted by molar-refractivity contribution is 5.94. The summed E-state index contributed by atoms with van der Waals surface area (Å²) in [5.41, 5.74) is 0.225. The van der Waals surface area contributed by atoms with Gasteiger partial charge in [-0.05, 0) is 49.4 Å². The molecule has 7 nitrogen and oxygen atoms in total. The minimum Gasteiger partial charge on any atom is -0.373 e. The van der Waals surface area contributed by atoms with Gasteiger partial charge in [-0.1, -0.05) is 18.2 Å². The summed E-state index contributed by atoms with van der Waals surface area (Å²) in [4.78, 5) is 31.1. The van der Waals surface area contributed by atoms with Crippen LogP contribution in [0.25, 0.3) is 0 Å². The van der Waals surface area contributed by atoms with Crippen LogP contribution >= 0.6 is 0 Å². The van der Waals surface area contributed by atoms with Crippen molar-refractivity contribution in [3.05, 3.63) is 65.7 Å². The van der Waals surface area contributed by atoms with Crippen LogP contribution in [0.15, 0.2) is 54.6 Å². The molecule has 188 valence electrons. The van der Waals surface area contributed by atoms with Crippen molar-refractivity contribution in [1.29, 1.82) is 0 Å². The lowest BCUT2D eigenvalue weighted by atomic mass is 10.1. The highest BCUT2D eigenvalue weighted by Crippen LogP contribution is 2.29. The molecule has 1 N–H and O–H groups in total. The number of anilines is 1. The number of benzene rings is 2. The maximum absolute atomic E-state index is 12.8. The summed E-state index contributed by atoms with van der Waals surface area (Å²) >= 11 is 0. The van der Waals surface area contributed by atoms with Crippen molar-refractivity contribution >= 4 is 17.6 Å². The van der Waals surface area contributed by atoms with Crippen LogP contribution in [0.3, 0.4) is 0 Å². The number of amides is 3. The molecule has 35 heavy (non-hydrogen) atoms. The van der Waals surface area contributed by atoms with E-state index in [1.54, 1.807) is 9.80 Å². The van der Waals surface area contributed by atoms with Gasteiger partial charge in [-0.2, -0.15) is 13.2 Å². The van der Waals surface area contributed by atoms with Crippen molar-refractivity contribution in [2.75, 3.05) is 57.7 Å². The fourth-order valence-corrected chi connectivity index (χ4v) is 4.37. The normalized spacial score (nSPS) is 19.8. The third-order valence-corrected chi connectivity index (χ3v) is 6.25. The van der Waals surface area contributed by atoms with Crippen molar-refractivity contribution in [3.63, 3.8) is 0 Å². The molecule has 2 fully saturated rings. The van der Waals surface area contributed by atoms with Crippen LogP contribution in [0.1, 0.15) is 22.3 Å². The number of carbonyl (C=O) groups excluding carboxylic acids is 2. The van der Waals surface area contributed by atoms with E-state index in [0.29, 0.717) is 45.9 Å². The number of nitrogens with zero attached hydrogens (tertiary/aromatic N) is 3. The van der Waals surface area contributed by atoms with Gasteiger partial charge in [0, 0.05) is 50.5 Å². The summed E-state index contributed by atoms with van der Waals surface area (Å²) in [5, 5.41) is 2.90. The summed E-state index contributed by atoms with van der Waals surface area (Å²) in [7, 11) is 0. The molecule has 1 unspecified atom stereocenters. The molecule has 10 heteroatoms. The van der Waals surface area contributed by atoms with Gasteiger partial charge in [0.05, 0.1) is 18.3 Å². The summed E-state index contributed by atoms with van der Waals surface area (Å²) in [6.45, 7) is 4.50. The van der Waals surface area contributed by atoms with Crippen LogP contribution in [0.4, 0.5) is 23.7 Å². The second-order valence-electron chi connectivity index (χ2n) is 8.76. The standard InChI is InChI=1S/C25H29F3N4O3/c26-25(27,28)20-9-7-19(8-10-20)23(33)31-12-4-11-30(13-14-31)17-22-18-32(15-16-35-22)24(34)29-21-5-2-1-3-6-21/h1-3,5-10,22H,4,11-18H2,(H,29,34). The number of nitrogens with one attached hydrogen (secondary N) is 1. The molecular formula is C25H29F3N4O3. The second-order valence-corrected chi connectivity index (χ2v) is 8.76. The van der Waals surface area contributed by atoms with E-state index in [2.05, 4.69) is 10.2 Å². The molecule has 2 saturated heterocycles. The van der Waals surface area contributed by atoms with E-state index in [1.165, 1.54) is 12.1 Å². The Morgan fingerprint density at radius 2 is 1.66 bits per heavy atom. The maximum atomic E-state index is 12.8. The minimum absolute atomic E-state index is 0.137. The molecule has 2 heterocycles. The number of urea groups is 1. The van der Waals surface area contributed by atoms with E-state index >= 15 is 0 Å². The van der Waals surface area contributed by atoms with Gasteiger partial charge in [-0.25, -0.2) is 4.79 Å². The summed E-state index contributed by atoms with van der Waals surface area (Å²) in [6.07, 6.45) is -3.82. The Labute approximate surface area is 202 Å².